The number of anilines is 1. The lowest BCUT2D eigenvalue weighted by Gasteiger charge is -2.29. The molecule has 0 atom stereocenters. The van der Waals surface area contributed by atoms with E-state index in [0.717, 1.165) is 25.9 Å². The number of hydrogen-bond donors (Lipinski definition) is 2. The molecule has 1 aliphatic heterocycles. The molecular formula is C15H22N4O2. The lowest BCUT2D eigenvalue weighted by molar-refractivity contribution is -0.120. The highest BCUT2D eigenvalue weighted by molar-refractivity contribution is 6.00. The maximum atomic E-state index is 12.3. The van der Waals surface area contributed by atoms with Crippen LogP contribution < -0.4 is 15.5 Å². The average Bonchev–Trinajstić information content (AvgIpc) is 2.54. The largest absolute Gasteiger partial charge is 0.356 e. The SMILES string of the molecule is CCNC(=O)CNC(=O)c1cccnc1N1CCCCC1. The van der Waals surface area contributed by atoms with E-state index in [1.165, 1.54) is 6.42 Å². The zero-order valence-corrected chi connectivity index (χ0v) is 12.4. The third kappa shape index (κ3) is 4.18. The predicted octanol–water partition coefficient (Wildman–Crippen LogP) is 0.938. The number of piperidine rings is 1. The number of rotatable bonds is 5. The molecule has 1 saturated heterocycles. The molecule has 6 heteroatoms. The van der Waals surface area contributed by atoms with E-state index in [4.69, 9.17) is 0 Å². The Morgan fingerprint density at radius 3 is 2.71 bits per heavy atom. The molecule has 1 aromatic heterocycles. The van der Waals surface area contributed by atoms with Gasteiger partial charge in [-0.3, -0.25) is 9.59 Å². The molecule has 1 aliphatic rings. The second-order valence-electron chi connectivity index (χ2n) is 5.06. The molecule has 2 N–H and O–H groups in total. The second kappa shape index (κ2) is 7.61. The molecule has 6 nitrogen and oxygen atoms in total. The van der Waals surface area contributed by atoms with Crippen LogP contribution in [0.2, 0.25) is 0 Å². The van der Waals surface area contributed by atoms with E-state index in [-0.39, 0.29) is 18.4 Å². The Morgan fingerprint density at radius 2 is 2.00 bits per heavy atom. The van der Waals surface area contributed by atoms with E-state index in [9.17, 15) is 9.59 Å². The summed E-state index contributed by atoms with van der Waals surface area (Å²) in [5.41, 5.74) is 0.531. The number of nitrogens with zero attached hydrogens (tertiary/aromatic N) is 2. The molecule has 1 fully saturated rings. The van der Waals surface area contributed by atoms with Crippen LogP contribution in [0.15, 0.2) is 18.3 Å². The normalized spacial score (nSPS) is 14.6. The van der Waals surface area contributed by atoms with Crippen LogP contribution >= 0.6 is 0 Å². The topological polar surface area (TPSA) is 74.3 Å². The van der Waals surface area contributed by atoms with Crippen molar-refractivity contribution in [3.05, 3.63) is 23.9 Å². The first-order valence-corrected chi connectivity index (χ1v) is 7.47. The van der Waals surface area contributed by atoms with E-state index in [1.54, 1.807) is 18.3 Å². The fourth-order valence-corrected chi connectivity index (χ4v) is 2.45. The van der Waals surface area contributed by atoms with Crippen LogP contribution in [0.4, 0.5) is 5.82 Å². The molecule has 2 amide bonds. The average molecular weight is 290 g/mol. The number of aromatic nitrogens is 1. The second-order valence-corrected chi connectivity index (χ2v) is 5.06. The van der Waals surface area contributed by atoms with Crippen LogP contribution in [-0.4, -0.2) is 43.0 Å². The Labute approximate surface area is 124 Å². The van der Waals surface area contributed by atoms with E-state index in [0.29, 0.717) is 17.9 Å². The van der Waals surface area contributed by atoms with Gasteiger partial charge >= 0.3 is 0 Å². The van der Waals surface area contributed by atoms with Crippen molar-refractivity contribution in [1.82, 2.24) is 15.6 Å². The molecule has 114 valence electrons. The van der Waals surface area contributed by atoms with Gasteiger partial charge in [0.05, 0.1) is 12.1 Å². The molecule has 0 spiro atoms. The minimum Gasteiger partial charge on any atom is -0.356 e. The van der Waals surface area contributed by atoms with Gasteiger partial charge in [-0.2, -0.15) is 0 Å². The van der Waals surface area contributed by atoms with Gasteiger partial charge in [-0.25, -0.2) is 4.98 Å². The minimum atomic E-state index is -0.255. The molecule has 0 bridgehead atoms. The highest BCUT2D eigenvalue weighted by atomic mass is 16.2. The van der Waals surface area contributed by atoms with Crippen LogP contribution in [0.3, 0.4) is 0 Å². The Bertz CT molecular complexity index is 498. The first kappa shape index (κ1) is 15.3. The van der Waals surface area contributed by atoms with Crippen molar-refractivity contribution >= 4 is 17.6 Å². The summed E-state index contributed by atoms with van der Waals surface area (Å²) >= 11 is 0. The molecule has 1 aromatic rings. The highest BCUT2D eigenvalue weighted by Crippen LogP contribution is 2.21. The lowest BCUT2D eigenvalue weighted by Crippen LogP contribution is -2.38. The third-order valence-corrected chi connectivity index (χ3v) is 3.47. The molecule has 0 saturated carbocycles. The van der Waals surface area contributed by atoms with Crippen LogP contribution in [0, 0.1) is 0 Å². The number of nitrogens with one attached hydrogen (secondary N) is 2. The van der Waals surface area contributed by atoms with Gasteiger partial charge in [0, 0.05) is 25.8 Å². The van der Waals surface area contributed by atoms with Gasteiger partial charge in [-0.15, -0.1) is 0 Å². The molecule has 0 radical (unpaired) electrons. The van der Waals surface area contributed by atoms with E-state index in [2.05, 4.69) is 20.5 Å². The van der Waals surface area contributed by atoms with Crippen molar-refractivity contribution in [2.45, 2.75) is 26.2 Å². The summed E-state index contributed by atoms with van der Waals surface area (Å²) in [5, 5.41) is 5.30. The van der Waals surface area contributed by atoms with Gasteiger partial charge in [0.2, 0.25) is 5.91 Å². The summed E-state index contributed by atoms with van der Waals surface area (Å²) in [4.78, 5) is 30.2. The van der Waals surface area contributed by atoms with Crippen molar-refractivity contribution in [3.8, 4) is 0 Å². The summed E-state index contributed by atoms with van der Waals surface area (Å²) in [6.45, 7) is 4.23. The smallest absolute Gasteiger partial charge is 0.255 e. The number of pyridine rings is 1. The lowest BCUT2D eigenvalue weighted by atomic mass is 10.1. The Hall–Kier alpha value is -2.11. The standard InChI is InChI=1S/C15H22N4O2/c1-2-16-13(20)11-18-15(21)12-7-6-8-17-14(12)19-9-4-3-5-10-19/h6-8H,2-5,9-11H2,1H3,(H,16,20)(H,18,21). The first-order chi connectivity index (χ1) is 10.2. The Kier molecular flexibility index (Phi) is 5.54. The van der Waals surface area contributed by atoms with Gasteiger partial charge in [-0.1, -0.05) is 0 Å². The van der Waals surface area contributed by atoms with Crippen molar-refractivity contribution in [1.29, 1.82) is 0 Å². The number of likely N-dealkylation sites (N-methyl/N-ethyl adjacent to an activating group) is 1. The fraction of sp³-hybridized carbons (Fsp3) is 0.533. The van der Waals surface area contributed by atoms with Crippen molar-refractivity contribution in [2.24, 2.45) is 0 Å². The van der Waals surface area contributed by atoms with E-state index in [1.807, 2.05) is 6.92 Å². The molecule has 2 heterocycles. The highest BCUT2D eigenvalue weighted by Gasteiger charge is 2.19. The molecular weight excluding hydrogens is 268 g/mol. The van der Waals surface area contributed by atoms with Gasteiger partial charge < -0.3 is 15.5 Å². The van der Waals surface area contributed by atoms with Gasteiger partial charge in [-0.05, 0) is 38.3 Å². The van der Waals surface area contributed by atoms with E-state index < -0.39 is 0 Å². The number of amides is 2. The monoisotopic (exact) mass is 290 g/mol. The summed E-state index contributed by atoms with van der Waals surface area (Å²) in [5.74, 6) is 0.273. The Morgan fingerprint density at radius 1 is 1.24 bits per heavy atom. The summed E-state index contributed by atoms with van der Waals surface area (Å²) < 4.78 is 0. The van der Waals surface area contributed by atoms with Crippen molar-refractivity contribution in [2.75, 3.05) is 31.1 Å². The number of carbonyl (C=O) groups excluding carboxylic acids is 2. The maximum Gasteiger partial charge on any atom is 0.255 e. The molecule has 0 aromatic carbocycles. The molecule has 21 heavy (non-hydrogen) atoms. The van der Waals surface area contributed by atoms with Gasteiger partial charge in [0.25, 0.3) is 5.91 Å². The number of carbonyl (C=O) groups is 2. The zero-order chi connectivity index (χ0) is 15.1. The zero-order valence-electron chi connectivity index (χ0n) is 12.4. The Balaban J connectivity index is 2.04. The van der Waals surface area contributed by atoms with Crippen LogP contribution in [0.25, 0.3) is 0 Å². The van der Waals surface area contributed by atoms with Crippen LogP contribution in [0.5, 0.6) is 0 Å². The van der Waals surface area contributed by atoms with Crippen LogP contribution in [-0.2, 0) is 4.79 Å². The van der Waals surface area contributed by atoms with E-state index >= 15 is 0 Å². The number of hydrogen-bond acceptors (Lipinski definition) is 4. The third-order valence-electron chi connectivity index (χ3n) is 3.47. The first-order valence-electron chi connectivity index (χ1n) is 7.47. The fourth-order valence-electron chi connectivity index (χ4n) is 2.45. The summed E-state index contributed by atoms with van der Waals surface area (Å²) in [7, 11) is 0. The van der Waals surface area contributed by atoms with Gasteiger partial charge in [0.1, 0.15) is 5.82 Å². The summed E-state index contributed by atoms with van der Waals surface area (Å²) in [6, 6.07) is 3.50. The summed E-state index contributed by atoms with van der Waals surface area (Å²) in [6.07, 6.45) is 5.17. The minimum absolute atomic E-state index is 0.0129. The van der Waals surface area contributed by atoms with Crippen LogP contribution in [0.1, 0.15) is 36.5 Å². The van der Waals surface area contributed by atoms with Crippen molar-refractivity contribution in [3.63, 3.8) is 0 Å². The maximum absolute atomic E-state index is 12.3. The molecule has 2 rings (SSSR count). The quantitative estimate of drug-likeness (QED) is 0.846. The van der Waals surface area contributed by atoms with Crippen molar-refractivity contribution < 1.29 is 9.59 Å². The van der Waals surface area contributed by atoms with Gasteiger partial charge in [0.15, 0.2) is 0 Å². The molecule has 0 aliphatic carbocycles. The molecule has 0 unspecified atom stereocenters. The predicted molar refractivity (Wildman–Crippen MR) is 81.3 cm³/mol.